The Labute approximate surface area is 64.5 Å². The van der Waals surface area contributed by atoms with Gasteiger partial charge in [0.15, 0.2) is 0 Å². The summed E-state index contributed by atoms with van der Waals surface area (Å²) in [5, 5.41) is 0. The molecule has 0 fully saturated rings. The molecule has 0 bridgehead atoms. The van der Waals surface area contributed by atoms with Crippen LogP contribution in [0, 0.1) is 0 Å². The number of halogens is 1. The first kappa shape index (κ1) is 8.27. The molecule has 48 valence electrons. The predicted molar refractivity (Wildman–Crippen MR) is 46.0 cm³/mol. The van der Waals surface area contributed by atoms with Crippen LogP contribution in [0.5, 0.6) is 0 Å². The van der Waals surface area contributed by atoms with Crippen molar-refractivity contribution >= 4 is 22.6 Å². The number of hydrogen-bond donors (Lipinski definition) is 1. The minimum atomic E-state index is 0.256. The highest BCUT2D eigenvalue weighted by Crippen LogP contribution is 2.22. The predicted octanol–water partition coefficient (Wildman–Crippen LogP) is 2.06. The van der Waals surface area contributed by atoms with E-state index in [1.165, 1.54) is 0 Å². The van der Waals surface area contributed by atoms with E-state index in [9.17, 15) is 0 Å². The van der Waals surface area contributed by atoms with Crippen LogP contribution in [0.1, 0.15) is 20.3 Å². The Morgan fingerprint density at radius 3 is 2.38 bits per heavy atom. The molecule has 0 rings (SSSR count). The van der Waals surface area contributed by atoms with Crippen LogP contribution >= 0.6 is 22.6 Å². The molecule has 0 saturated heterocycles. The number of hydrogen-bond acceptors (Lipinski definition) is 1. The Bertz CT molecular complexity index is 86.5. The van der Waals surface area contributed by atoms with Gasteiger partial charge in [0.05, 0.1) is 0 Å². The van der Waals surface area contributed by atoms with Crippen molar-refractivity contribution < 1.29 is 0 Å². The molecule has 0 saturated carbocycles. The molecule has 0 aromatic carbocycles. The van der Waals surface area contributed by atoms with E-state index in [1.54, 1.807) is 6.20 Å². The molecule has 0 aliphatic heterocycles. The summed E-state index contributed by atoms with van der Waals surface area (Å²) in [5.41, 5.74) is 5.20. The molecule has 1 atom stereocenters. The zero-order valence-corrected chi connectivity index (χ0v) is 7.47. The van der Waals surface area contributed by atoms with Gasteiger partial charge in [-0.1, -0.05) is 35.6 Å². The highest BCUT2D eigenvalue weighted by molar-refractivity contribution is 14.1. The molecule has 2 heteroatoms. The van der Waals surface area contributed by atoms with Gasteiger partial charge < -0.3 is 5.73 Å². The van der Waals surface area contributed by atoms with Crippen molar-refractivity contribution in [3.05, 3.63) is 12.3 Å². The van der Waals surface area contributed by atoms with Crippen LogP contribution in [-0.2, 0) is 0 Å². The first-order chi connectivity index (χ1) is 3.62. The molecular formula is C6H12IN. The Kier molecular flexibility index (Phi) is 3.44. The lowest BCUT2D eigenvalue weighted by Gasteiger charge is -2.12. The fourth-order valence-corrected chi connectivity index (χ4v) is 0.526. The van der Waals surface area contributed by atoms with E-state index in [0.29, 0.717) is 0 Å². The molecule has 2 N–H and O–H groups in total. The maximum absolute atomic E-state index is 5.20. The molecule has 0 aromatic heterocycles. The van der Waals surface area contributed by atoms with E-state index in [1.807, 2.05) is 6.08 Å². The molecule has 0 aliphatic rings. The second kappa shape index (κ2) is 3.33. The summed E-state index contributed by atoms with van der Waals surface area (Å²) in [5.74, 6) is 0. The van der Waals surface area contributed by atoms with Gasteiger partial charge in [-0.3, -0.25) is 0 Å². The topological polar surface area (TPSA) is 26.0 Å². The van der Waals surface area contributed by atoms with Crippen LogP contribution in [0.3, 0.4) is 0 Å². The van der Waals surface area contributed by atoms with Crippen LogP contribution in [0.15, 0.2) is 12.3 Å². The Hall–Kier alpha value is 0.270. The minimum absolute atomic E-state index is 0.256. The minimum Gasteiger partial charge on any atom is -0.405 e. The zero-order chi connectivity index (χ0) is 6.62. The monoisotopic (exact) mass is 225 g/mol. The molecular weight excluding hydrogens is 213 g/mol. The molecule has 1 unspecified atom stereocenters. The molecule has 8 heavy (non-hydrogen) atoms. The van der Waals surface area contributed by atoms with Gasteiger partial charge in [-0.15, -0.1) is 0 Å². The van der Waals surface area contributed by atoms with Gasteiger partial charge in [0.1, 0.15) is 0 Å². The molecule has 0 spiro atoms. The second-order valence-electron chi connectivity index (χ2n) is 1.99. The normalized spacial score (nSPS) is 18.9. The van der Waals surface area contributed by atoms with Gasteiger partial charge in [0, 0.05) is 3.42 Å². The third-order valence-corrected chi connectivity index (χ3v) is 2.26. The summed E-state index contributed by atoms with van der Waals surface area (Å²) in [4.78, 5) is 0. The maximum atomic E-state index is 5.20. The average molecular weight is 225 g/mol. The van der Waals surface area contributed by atoms with E-state index >= 15 is 0 Å². The molecule has 0 heterocycles. The highest BCUT2D eigenvalue weighted by Gasteiger charge is 2.10. The summed E-state index contributed by atoms with van der Waals surface area (Å²) in [6.45, 7) is 4.30. The maximum Gasteiger partial charge on any atom is 0.0386 e. The van der Waals surface area contributed by atoms with Crippen molar-refractivity contribution in [2.24, 2.45) is 5.73 Å². The third kappa shape index (κ3) is 3.29. The summed E-state index contributed by atoms with van der Waals surface area (Å²) in [6.07, 6.45) is 4.74. The number of alkyl halides is 1. The van der Waals surface area contributed by atoms with Crippen LogP contribution < -0.4 is 5.73 Å². The lowest BCUT2D eigenvalue weighted by molar-refractivity contribution is 0.788. The van der Waals surface area contributed by atoms with E-state index in [4.69, 9.17) is 5.73 Å². The largest absolute Gasteiger partial charge is 0.405 e. The Morgan fingerprint density at radius 2 is 2.25 bits per heavy atom. The number of nitrogens with two attached hydrogens (primary N) is 1. The van der Waals surface area contributed by atoms with Crippen molar-refractivity contribution in [1.29, 1.82) is 0 Å². The molecule has 0 amide bonds. The Morgan fingerprint density at radius 1 is 1.75 bits per heavy atom. The summed E-state index contributed by atoms with van der Waals surface area (Å²) in [7, 11) is 0. The lowest BCUT2D eigenvalue weighted by atomic mass is 10.1. The standard InChI is InChI=1S/C6H12IN/c1-3-6(2,7)4-5-8/h4-5H,3,8H2,1-2H3. The van der Waals surface area contributed by atoms with Crippen LogP contribution in [-0.4, -0.2) is 3.42 Å². The van der Waals surface area contributed by atoms with Crippen LogP contribution in [0.25, 0.3) is 0 Å². The van der Waals surface area contributed by atoms with Crippen LogP contribution in [0.2, 0.25) is 0 Å². The second-order valence-corrected chi connectivity index (χ2v) is 4.46. The van der Waals surface area contributed by atoms with Crippen molar-refractivity contribution in [3.63, 3.8) is 0 Å². The van der Waals surface area contributed by atoms with Crippen molar-refractivity contribution in [2.75, 3.05) is 0 Å². The van der Waals surface area contributed by atoms with E-state index in [0.717, 1.165) is 6.42 Å². The molecule has 0 aliphatic carbocycles. The summed E-state index contributed by atoms with van der Waals surface area (Å²) >= 11 is 2.37. The van der Waals surface area contributed by atoms with Crippen molar-refractivity contribution in [1.82, 2.24) is 0 Å². The first-order valence-electron chi connectivity index (χ1n) is 2.70. The van der Waals surface area contributed by atoms with E-state index < -0.39 is 0 Å². The Balaban J connectivity index is 3.71. The van der Waals surface area contributed by atoms with Gasteiger partial charge in [-0.05, 0) is 19.5 Å². The van der Waals surface area contributed by atoms with E-state index in [2.05, 4.69) is 36.4 Å². The quantitative estimate of drug-likeness (QED) is 0.565. The molecule has 0 radical (unpaired) electrons. The molecule has 0 aromatic rings. The first-order valence-corrected chi connectivity index (χ1v) is 3.78. The van der Waals surface area contributed by atoms with Gasteiger partial charge in [-0.2, -0.15) is 0 Å². The van der Waals surface area contributed by atoms with Gasteiger partial charge in [-0.25, -0.2) is 0 Å². The van der Waals surface area contributed by atoms with Gasteiger partial charge in [0.25, 0.3) is 0 Å². The summed E-state index contributed by atoms with van der Waals surface area (Å²) < 4.78 is 0.256. The summed E-state index contributed by atoms with van der Waals surface area (Å²) in [6, 6.07) is 0. The fraction of sp³-hybridized carbons (Fsp3) is 0.667. The average Bonchev–Trinajstić information content (AvgIpc) is 1.67. The smallest absolute Gasteiger partial charge is 0.0386 e. The lowest BCUT2D eigenvalue weighted by Crippen LogP contribution is -2.09. The van der Waals surface area contributed by atoms with Crippen molar-refractivity contribution in [2.45, 2.75) is 23.7 Å². The zero-order valence-electron chi connectivity index (χ0n) is 5.32. The van der Waals surface area contributed by atoms with E-state index in [-0.39, 0.29) is 3.42 Å². The highest BCUT2D eigenvalue weighted by atomic mass is 127. The van der Waals surface area contributed by atoms with Crippen LogP contribution in [0.4, 0.5) is 0 Å². The van der Waals surface area contributed by atoms with Crippen molar-refractivity contribution in [3.8, 4) is 0 Å². The number of rotatable bonds is 2. The third-order valence-electron chi connectivity index (χ3n) is 1.14. The SMILES string of the molecule is CCC(C)(I)C=CN. The number of allylic oxidation sites excluding steroid dienone is 1. The van der Waals surface area contributed by atoms with Gasteiger partial charge >= 0.3 is 0 Å². The van der Waals surface area contributed by atoms with Gasteiger partial charge in [0.2, 0.25) is 0 Å². The fourth-order valence-electron chi connectivity index (χ4n) is 0.318. The molecule has 1 nitrogen and oxygen atoms in total.